The van der Waals surface area contributed by atoms with Crippen LogP contribution >= 0.6 is 33.0 Å². The maximum Gasteiger partial charge on any atom is 0.231 e. The molecule has 0 aromatic heterocycles. The second-order valence-electron chi connectivity index (χ2n) is 5.10. The number of rotatable bonds is 2. The maximum absolute atomic E-state index is 13.1. The summed E-state index contributed by atoms with van der Waals surface area (Å²) in [4.78, 5) is 0. The number of aliphatic hydroxyl groups excluding tert-OH is 1. The van der Waals surface area contributed by atoms with Gasteiger partial charge >= 0.3 is 0 Å². The molecule has 4 rings (SSSR count). The minimum atomic E-state index is -1.67. The zero-order valence-electron chi connectivity index (χ0n) is 13.9. The van der Waals surface area contributed by atoms with E-state index in [9.17, 15) is 8.78 Å². The van der Waals surface area contributed by atoms with E-state index in [2.05, 4.69) is 21.4 Å². The van der Waals surface area contributed by atoms with E-state index in [0.717, 1.165) is 0 Å². The summed E-state index contributed by atoms with van der Waals surface area (Å²) in [5, 5.41) is 8.73. The molecule has 0 aliphatic carbocycles. The Morgan fingerprint density at radius 2 is 1.32 bits per heavy atom. The van der Waals surface area contributed by atoms with Crippen LogP contribution in [0.3, 0.4) is 0 Å². The highest BCUT2D eigenvalue weighted by Crippen LogP contribution is 2.36. The number of halogens is 5. The first kappa shape index (κ1) is 22.8. The topological polar surface area (TPSA) is 74.2 Å². The van der Waals surface area contributed by atoms with Gasteiger partial charge in [0.05, 0.1) is 6.61 Å². The van der Waals surface area contributed by atoms with Gasteiger partial charge in [-0.1, -0.05) is 0 Å². The Kier molecular flexibility index (Phi) is 8.84. The Balaban J connectivity index is 0.000000169. The quantitative estimate of drug-likeness (QED) is 0.511. The van der Waals surface area contributed by atoms with Gasteiger partial charge in [-0.15, -0.1) is 11.6 Å². The zero-order valence-corrected chi connectivity index (χ0v) is 17.0. The Morgan fingerprint density at radius 3 is 1.75 bits per heavy atom. The van der Waals surface area contributed by atoms with Gasteiger partial charge in [0.15, 0.2) is 23.1 Å². The summed E-state index contributed by atoms with van der Waals surface area (Å²) in [5.74, 6) is 0.476. The molecule has 0 saturated carbocycles. The Morgan fingerprint density at radius 1 is 0.893 bits per heavy atom. The maximum atomic E-state index is 13.1. The van der Waals surface area contributed by atoms with Crippen LogP contribution in [0.4, 0.5) is 8.78 Å². The molecule has 0 amide bonds. The van der Waals surface area contributed by atoms with E-state index in [1.54, 1.807) is 12.1 Å². The van der Waals surface area contributed by atoms with E-state index in [0.29, 0.717) is 22.6 Å². The first-order chi connectivity index (χ1) is 13.3. The lowest BCUT2D eigenvalue weighted by atomic mass is 10.2. The highest BCUT2D eigenvalue weighted by atomic mass is 36.0. The van der Waals surface area contributed by atoms with Gasteiger partial charge in [-0.2, -0.15) is 0 Å². The van der Waals surface area contributed by atoms with E-state index in [1.807, 2.05) is 0 Å². The lowest BCUT2D eigenvalue weighted by molar-refractivity contribution is 0.170. The van der Waals surface area contributed by atoms with Gasteiger partial charge in [0.25, 0.3) is 0 Å². The van der Waals surface area contributed by atoms with Crippen molar-refractivity contribution >= 4 is 42.2 Å². The van der Waals surface area contributed by atoms with Gasteiger partial charge in [-0.3, -0.25) is 0 Å². The highest BCUT2D eigenvalue weighted by Gasteiger charge is 2.19. The summed E-state index contributed by atoms with van der Waals surface area (Å²) in [6.07, 6.45) is 0. The minimum Gasteiger partial charge on any atom is -0.453 e. The third kappa shape index (κ3) is 6.25. The molecule has 1 N–H and O–H groups in total. The van der Waals surface area contributed by atoms with E-state index in [1.165, 1.54) is 12.1 Å². The second-order valence-corrected chi connectivity index (χ2v) is 7.89. The van der Waals surface area contributed by atoms with Crippen LogP contribution in [0, 0.1) is 11.6 Å². The molecule has 154 valence electrons. The van der Waals surface area contributed by atoms with Crippen molar-refractivity contribution in [3.8, 4) is 23.0 Å². The molecule has 0 spiro atoms. The largest absolute Gasteiger partial charge is 0.453 e. The molecule has 28 heavy (non-hydrogen) atoms. The lowest BCUT2D eigenvalue weighted by Crippen LogP contribution is -1.93. The molecule has 2 aromatic rings. The number of benzene rings is 2. The van der Waals surface area contributed by atoms with E-state index < -0.39 is 20.9 Å². The molecular formula is C16H13Cl3F2O6S. The van der Waals surface area contributed by atoms with Crippen molar-refractivity contribution in [2.45, 2.75) is 12.5 Å². The third-order valence-electron chi connectivity index (χ3n) is 3.31. The first-order valence-electron chi connectivity index (χ1n) is 7.42. The third-order valence-corrected chi connectivity index (χ3v) is 3.62. The van der Waals surface area contributed by atoms with Crippen LogP contribution in [0.25, 0.3) is 0 Å². The van der Waals surface area contributed by atoms with Crippen LogP contribution in [-0.4, -0.2) is 22.9 Å². The minimum absolute atomic E-state index is 0.0428. The first-order valence-corrected chi connectivity index (χ1v) is 10.8. The average molecular weight is 478 g/mol. The SMILES string of the molecule is Fc1cc(CCl)cc2c1OCO2.O=S(Cl)Cl.OCc1cc(F)c2c(c1)OCO2. The Labute approximate surface area is 175 Å². The summed E-state index contributed by atoms with van der Waals surface area (Å²) in [6, 6.07) is 5.82. The highest BCUT2D eigenvalue weighted by molar-refractivity contribution is 8.26. The number of hydrogen-bond donors (Lipinski definition) is 1. The van der Waals surface area contributed by atoms with Crippen molar-refractivity contribution in [3.63, 3.8) is 0 Å². The summed E-state index contributed by atoms with van der Waals surface area (Å²) in [7, 11) is 7.36. The van der Waals surface area contributed by atoms with Crippen molar-refractivity contribution in [3.05, 3.63) is 47.0 Å². The Hall–Kier alpha value is -1.52. The van der Waals surface area contributed by atoms with Crippen molar-refractivity contribution in [2.75, 3.05) is 13.6 Å². The normalized spacial score (nSPS) is 12.8. The van der Waals surface area contributed by atoms with Gasteiger partial charge in [-0.25, -0.2) is 13.0 Å². The van der Waals surface area contributed by atoms with Crippen molar-refractivity contribution in [1.29, 1.82) is 0 Å². The monoisotopic (exact) mass is 476 g/mol. The Bertz CT molecular complexity index is 788. The van der Waals surface area contributed by atoms with Crippen LogP contribution in [0.15, 0.2) is 24.3 Å². The van der Waals surface area contributed by atoms with Gasteiger partial charge in [0.1, 0.15) is 0 Å². The molecule has 6 nitrogen and oxygen atoms in total. The molecule has 0 unspecified atom stereocenters. The van der Waals surface area contributed by atoms with Gasteiger partial charge in [-0.05, 0) is 35.4 Å². The summed E-state index contributed by atoms with van der Waals surface area (Å²) >= 11 is 5.54. The smallest absolute Gasteiger partial charge is 0.231 e. The van der Waals surface area contributed by atoms with E-state index in [4.69, 9.17) is 39.9 Å². The summed E-state index contributed by atoms with van der Waals surface area (Å²) < 4.78 is 54.9. The molecule has 0 atom stereocenters. The molecular weight excluding hydrogens is 465 g/mol. The standard InChI is InChI=1S/C8H6ClFO2.C8H7FO3.Cl2OS/c9-3-5-1-6(10)8-7(2-5)11-4-12-8;9-6-1-5(3-10)2-7-8(6)12-4-11-7;1-4(2)3/h1-2H,3-4H2;1-2,10H,3-4H2;. The zero-order chi connectivity index (χ0) is 20.7. The molecule has 2 heterocycles. The summed E-state index contributed by atoms with van der Waals surface area (Å²) in [6.45, 7) is -0.0767. The molecule has 2 aliphatic heterocycles. The molecule has 0 saturated heterocycles. The molecule has 2 aromatic carbocycles. The van der Waals surface area contributed by atoms with Gasteiger partial charge in [0, 0.05) is 27.2 Å². The predicted octanol–water partition coefficient (Wildman–Crippen LogP) is 4.38. The van der Waals surface area contributed by atoms with E-state index in [-0.39, 0.29) is 37.6 Å². The fourth-order valence-electron chi connectivity index (χ4n) is 2.21. The number of aliphatic hydroxyl groups is 1. The number of fused-ring (bicyclic) bond motifs is 2. The second kappa shape index (κ2) is 10.9. The van der Waals surface area contributed by atoms with E-state index >= 15 is 0 Å². The van der Waals surface area contributed by atoms with Crippen LogP contribution in [-0.2, 0) is 21.7 Å². The number of hydrogen-bond acceptors (Lipinski definition) is 6. The van der Waals surface area contributed by atoms with Crippen LogP contribution in [0.1, 0.15) is 11.1 Å². The van der Waals surface area contributed by atoms with Gasteiger partial charge in [0.2, 0.25) is 34.3 Å². The lowest BCUT2D eigenvalue weighted by Gasteiger charge is -2.00. The van der Waals surface area contributed by atoms with Crippen molar-refractivity contribution in [2.24, 2.45) is 0 Å². The van der Waals surface area contributed by atoms with Crippen LogP contribution in [0.2, 0.25) is 0 Å². The predicted molar refractivity (Wildman–Crippen MR) is 100 cm³/mol. The number of alkyl halides is 1. The fourth-order valence-corrected chi connectivity index (χ4v) is 2.36. The number of ether oxygens (including phenoxy) is 4. The van der Waals surface area contributed by atoms with Gasteiger partial charge < -0.3 is 24.1 Å². The molecule has 0 fully saturated rings. The molecule has 12 heteroatoms. The average Bonchev–Trinajstić information content (AvgIpc) is 3.30. The van der Waals surface area contributed by atoms with Crippen LogP contribution in [0.5, 0.6) is 23.0 Å². The van der Waals surface area contributed by atoms with Crippen molar-refractivity contribution in [1.82, 2.24) is 0 Å². The summed E-state index contributed by atoms with van der Waals surface area (Å²) in [5.41, 5.74) is 1.18. The van der Waals surface area contributed by atoms with Crippen LogP contribution < -0.4 is 18.9 Å². The molecule has 0 bridgehead atoms. The molecule has 0 radical (unpaired) electrons. The molecule has 2 aliphatic rings. The fraction of sp³-hybridized carbons (Fsp3) is 0.250. The van der Waals surface area contributed by atoms with Crippen molar-refractivity contribution < 1.29 is 37.0 Å².